The monoisotopic (exact) mass is 352 g/mol. The topological polar surface area (TPSA) is 35.8 Å². The van der Waals surface area contributed by atoms with E-state index in [-0.39, 0.29) is 5.25 Å². The number of fused-ring (bicyclic) bond motifs is 1. The molecule has 2 aromatic carbocycles. The average molecular weight is 353 g/mol. The largest absolute Gasteiger partial charge is 0.369 e. The fourth-order valence-corrected chi connectivity index (χ4v) is 5.21. The third kappa shape index (κ3) is 3.33. The highest BCUT2D eigenvalue weighted by Crippen LogP contribution is 2.50. The molecule has 2 aliphatic rings. The minimum Gasteiger partial charge on any atom is -0.369 e. The molecule has 2 heterocycles. The second-order valence-corrected chi connectivity index (χ2v) is 7.90. The highest BCUT2D eigenvalue weighted by Gasteiger charge is 2.51. The summed E-state index contributed by atoms with van der Waals surface area (Å²) in [7, 11) is 0. The lowest BCUT2D eigenvalue weighted by Gasteiger charge is -2.38. The van der Waals surface area contributed by atoms with Crippen molar-refractivity contribution >= 4 is 16.9 Å². The van der Waals surface area contributed by atoms with Crippen molar-refractivity contribution in [1.82, 2.24) is 4.90 Å². The van der Waals surface area contributed by atoms with Gasteiger partial charge in [-0.2, -0.15) is 0 Å². The number of benzene rings is 2. The molecule has 2 atom stereocenters. The predicted octanol–water partition coefficient (Wildman–Crippen LogP) is 4.25. The van der Waals surface area contributed by atoms with Gasteiger partial charge in [-0.1, -0.05) is 72.4 Å². The van der Waals surface area contributed by atoms with Crippen LogP contribution in [0.3, 0.4) is 0 Å². The first-order valence-corrected chi connectivity index (χ1v) is 9.95. The Morgan fingerprint density at radius 1 is 1.00 bits per heavy atom. The summed E-state index contributed by atoms with van der Waals surface area (Å²) < 4.78 is 0. The van der Waals surface area contributed by atoms with E-state index in [1.165, 1.54) is 12.0 Å². The first-order valence-electron chi connectivity index (χ1n) is 9.07. The lowest BCUT2D eigenvalue weighted by Crippen LogP contribution is -2.51. The number of hydrogen-bond acceptors (Lipinski definition) is 4. The number of amidine groups is 1. The second kappa shape index (κ2) is 7.22. The standard InChI is InChI=1S/C21H24N2OS/c24-21(16-17-10-4-1-5-11-17)19(18-12-6-2-7-13-18)25-20-22-14-8-3-9-15-23(20)21/h1-2,4-7,10-13,19,24H,3,8-9,14-16H2. The molecule has 0 aliphatic carbocycles. The maximum Gasteiger partial charge on any atom is 0.162 e. The van der Waals surface area contributed by atoms with Crippen molar-refractivity contribution in [3.05, 3.63) is 71.8 Å². The molecule has 3 nitrogen and oxygen atoms in total. The number of hydrogen-bond donors (Lipinski definition) is 1. The maximum absolute atomic E-state index is 11.9. The molecule has 0 aromatic heterocycles. The molecule has 0 spiro atoms. The zero-order chi connectivity index (χ0) is 17.1. The van der Waals surface area contributed by atoms with Gasteiger partial charge in [-0.05, 0) is 30.4 Å². The number of thioether (sulfide) groups is 1. The Morgan fingerprint density at radius 3 is 2.48 bits per heavy atom. The van der Waals surface area contributed by atoms with Crippen molar-refractivity contribution in [3.8, 4) is 0 Å². The van der Waals surface area contributed by atoms with Crippen LogP contribution < -0.4 is 0 Å². The molecule has 25 heavy (non-hydrogen) atoms. The van der Waals surface area contributed by atoms with Crippen molar-refractivity contribution in [1.29, 1.82) is 0 Å². The number of nitrogens with zero attached hydrogens (tertiary/aromatic N) is 2. The Kier molecular flexibility index (Phi) is 4.82. The first kappa shape index (κ1) is 16.7. The molecule has 1 fully saturated rings. The SMILES string of the molecule is OC1(Cc2ccccc2)C(c2ccccc2)SC2=NCCCCCN21. The van der Waals surface area contributed by atoms with Crippen molar-refractivity contribution in [2.24, 2.45) is 4.99 Å². The zero-order valence-corrected chi connectivity index (χ0v) is 15.2. The van der Waals surface area contributed by atoms with Crippen LogP contribution in [0.15, 0.2) is 65.7 Å². The minimum absolute atomic E-state index is 0.0224. The molecular weight excluding hydrogens is 328 g/mol. The van der Waals surface area contributed by atoms with Crippen LogP contribution >= 0.6 is 11.8 Å². The van der Waals surface area contributed by atoms with Crippen molar-refractivity contribution in [2.45, 2.75) is 36.7 Å². The zero-order valence-electron chi connectivity index (χ0n) is 14.3. The predicted molar refractivity (Wildman–Crippen MR) is 105 cm³/mol. The fraction of sp³-hybridized carbons (Fsp3) is 0.381. The van der Waals surface area contributed by atoms with Crippen LogP contribution in [-0.4, -0.2) is 34.0 Å². The van der Waals surface area contributed by atoms with E-state index in [4.69, 9.17) is 4.99 Å². The molecule has 1 N–H and O–H groups in total. The Balaban J connectivity index is 1.75. The van der Waals surface area contributed by atoms with Gasteiger partial charge in [0.2, 0.25) is 0 Å². The summed E-state index contributed by atoms with van der Waals surface area (Å²) in [4.78, 5) is 6.97. The van der Waals surface area contributed by atoms with E-state index >= 15 is 0 Å². The van der Waals surface area contributed by atoms with Gasteiger partial charge in [-0.15, -0.1) is 0 Å². The molecule has 4 heteroatoms. The lowest BCUT2D eigenvalue weighted by molar-refractivity contribution is -0.0649. The van der Waals surface area contributed by atoms with Crippen molar-refractivity contribution in [3.63, 3.8) is 0 Å². The van der Waals surface area contributed by atoms with Gasteiger partial charge in [0.15, 0.2) is 10.9 Å². The van der Waals surface area contributed by atoms with Gasteiger partial charge < -0.3 is 10.0 Å². The summed E-state index contributed by atoms with van der Waals surface area (Å²) >= 11 is 1.72. The van der Waals surface area contributed by atoms with Crippen molar-refractivity contribution < 1.29 is 5.11 Å². The van der Waals surface area contributed by atoms with Gasteiger partial charge in [-0.25, -0.2) is 0 Å². The Hall–Kier alpha value is -1.78. The van der Waals surface area contributed by atoms with E-state index in [0.717, 1.165) is 36.7 Å². The van der Waals surface area contributed by atoms with Crippen LogP contribution in [0.5, 0.6) is 0 Å². The fourth-order valence-electron chi connectivity index (χ4n) is 3.76. The average Bonchev–Trinajstić information content (AvgIpc) is 2.87. The van der Waals surface area contributed by atoms with E-state index in [1.54, 1.807) is 11.8 Å². The van der Waals surface area contributed by atoms with Crippen molar-refractivity contribution in [2.75, 3.05) is 13.1 Å². The van der Waals surface area contributed by atoms with Crippen LogP contribution in [0, 0.1) is 0 Å². The van der Waals surface area contributed by atoms with E-state index in [2.05, 4.69) is 41.3 Å². The third-order valence-corrected chi connectivity index (χ3v) is 6.48. The summed E-state index contributed by atoms with van der Waals surface area (Å²) in [5.41, 5.74) is 1.39. The molecule has 0 saturated carbocycles. The Morgan fingerprint density at radius 2 is 1.72 bits per heavy atom. The molecule has 2 aliphatic heterocycles. The van der Waals surface area contributed by atoms with E-state index in [9.17, 15) is 5.11 Å². The number of aliphatic imine (C=N–C) groups is 1. The van der Waals surface area contributed by atoms with E-state index in [1.807, 2.05) is 24.3 Å². The summed E-state index contributed by atoms with van der Waals surface area (Å²) in [5.74, 6) is 0. The molecular formula is C21H24N2OS. The molecule has 130 valence electrons. The first-order chi connectivity index (χ1) is 12.3. The molecule has 0 amide bonds. The molecule has 2 aromatic rings. The highest BCUT2D eigenvalue weighted by atomic mass is 32.2. The van der Waals surface area contributed by atoms with Crippen LogP contribution in [0.25, 0.3) is 0 Å². The molecule has 0 radical (unpaired) electrons. The lowest BCUT2D eigenvalue weighted by atomic mass is 9.93. The van der Waals surface area contributed by atoms with Gasteiger partial charge in [-0.3, -0.25) is 4.99 Å². The van der Waals surface area contributed by atoms with E-state index in [0.29, 0.717) is 6.42 Å². The molecule has 4 rings (SSSR count). The summed E-state index contributed by atoms with van der Waals surface area (Å²) in [6.45, 7) is 1.74. The van der Waals surface area contributed by atoms with Crippen LogP contribution in [0.1, 0.15) is 35.6 Å². The van der Waals surface area contributed by atoms with Crippen LogP contribution in [-0.2, 0) is 6.42 Å². The molecule has 0 bridgehead atoms. The summed E-state index contributed by atoms with van der Waals surface area (Å²) in [6.07, 6.45) is 4.04. The van der Waals surface area contributed by atoms with Gasteiger partial charge in [0.1, 0.15) is 0 Å². The number of rotatable bonds is 3. The van der Waals surface area contributed by atoms with E-state index < -0.39 is 5.72 Å². The molecule has 2 unspecified atom stereocenters. The molecule has 1 saturated heterocycles. The smallest absolute Gasteiger partial charge is 0.162 e. The minimum atomic E-state index is -0.941. The van der Waals surface area contributed by atoms with Gasteiger partial charge >= 0.3 is 0 Å². The quantitative estimate of drug-likeness (QED) is 0.897. The van der Waals surface area contributed by atoms with Gasteiger partial charge in [0, 0.05) is 19.5 Å². The Labute approximate surface area is 153 Å². The Bertz CT molecular complexity index is 734. The summed E-state index contributed by atoms with van der Waals surface area (Å²) in [5, 5.41) is 12.9. The summed E-state index contributed by atoms with van der Waals surface area (Å²) in [6, 6.07) is 20.7. The van der Waals surface area contributed by atoms with Gasteiger partial charge in [0.25, 0.3) is 0 Å². The van der Waals surface area contributed by atoms with Crippen LogP contribution in [0.2, 0.25) is 0 Å². The maximum atomic E-state index is 11.9. The van der Waals surface area contributed by atoms with Gasteiger partial charge in [0.05, 0.1) is 5.25 Å². The third-order valence-electron chi connectivity index (χ3n) is 5.04. The van der Waals surface area contributed by atoms with Crippen LogP contribution in [0.4, 0.5) is 0 Å². The number of aliphatic hydroxyl groups is 1. The highest BCUT2D eigenvalue weighted by molar-refractivity contribution is 8.14. The normalized spacial score (nSPS) is 26.5. The second-order valence-electron chi connectivity index (χ2n) is 6.83.